The second-order valence-electron chi connectivity index (χ2n) is 7.76. The van der Waals surface area contributed by atoms with Gasteiger partial charge in [0.2, 0.25) is 0 Å². The number of nitrogens with zero attached hydrogens (tertiary/aromatic N) is 2. The molecule has 3 rings (SSSR count). The van der Waals surface area contributed by atoms with Crippen molar-refractivity contribution in [3.63, 3.8) is 0 Å². The van der Waals surface area contributed by atoms with E-state index < -0.39 is 33.4 Å². The van der Waals surface area contributed by atoms with Crippen LogP contribution < -0.4 is 9.04 Å². The quantitative estimate of drug-likeness (QED) is 0.173. The van der Waals surface area contributed by atoms with Gasteiger partial charge in [-0.3, -0.25) is 15.1 Å². The molecule has 0 bridgehead atoms. The molecule has 0 radical (unpaired) electrons. The van der Waals surface area contributed by atoms with Crippen LogP contribution in [0.2, 0.25) is 5.02 Å². The lowest BCUT2D eigenvalue weighted by Gasteiger charge is -2.32. The van der Waals surface area contributed by atoms with Gasteiger partial charge in [0.25, 0.3) is 10.0 Å². The molecule has 0 fully saturated rings. The van der Waals surface area contributed by atoms with Gasteiger partial charge in [-0.1, -0.05) is 29.8 Å². The highest BCUT2D eigenvalue weighted by Gasteiger charge is 2.34. The second kappa shape index (κ2) is 12.0. The summed E-state index contributed by atoms with van der Waals surface area (Å²) >= 11 is 5.92. The number of rotatable bonds is 12. The summed E-state index contributed by atoms with van der Waals surface area (Å²) in [5.41, 5.74) is -0.00507. The maximum atomic E-state index is 14.9. The van der Waals surface area contributed by atoms with Crippen molar-refractivity contribution in [2.45, 2.75) is 24.3 Å². The van der Waals surface area contributed by atoms with Crippen molar-refractivity contribution in [2.24, 2.45) is 0 Å². The molecule has 3 aromatic carbocycles. The van der Waals surface area contributed by atoms with Gasteiger partial charge in [0.05, 0.1) is 35.9 Å². The number of nitrogens with one attached hydrogen (secondary N) is 2. The lowest BCUT2D eigenvalue weighted by atomic mass is 10.1. The van der Waals surface area contributed by atoms with E-state index in [9.17, 15) is 17.2 Å². The fourth-order valence-electron chi connectivity index (χ4n) is 3.60. The molecule has 190 valence electrons. The Labute approximate surface area is 213 Å². The van der Waals surface area contributed by atoms with Gasteiger partial charge in [-0.15, -0.1) is 0 Å². The Balaban J connectivity index is 2.02. The average Bonchev–Trinajstić information content (AvgIpc) is 2.86. The lowest BCUT2D eigenvalue weighted by molar-refractivity contribution is 0.299. The number of anilines is 1. The smallest absolute Gasteiger partial charge is 0.264 e. The molecule has 36 heavy (non-hydrogen) atoms. The number of ether oxygens (including phenoxy) is 1. The zero-order valence-corrected chi connectivity index (χ0v) is 20.9. The molecular formula is C25H25ClF2N4O3S. The summed E-state index contributed by atoms with van der Waals surface area (Å²) in [5, 5.41) is 14.8. The summed E-state index contributed by atoms with van der Waals surface area (Å²) in [6.07, 6.45) is 2.53. The fraction of sp³-hybridized carbons (Fsp3) is 0.200. The van der Waals surface area contributed by atoms with Crippen molar-refractivity contribution in [3.05, 3.63) is 89.0 Å². The predicted molar refractivity (Wildman–Crippen MR) is 137 cm³/mol. The topological polar surface area (TPSA) is 97.6 Å². The Morgan fingerprint density at radius 1 is 1.03 bits per heavy atom. The van der Waals surface area contributed by atoms with Gasteiger partial charge in [0, 0.05) is 23.2 Å². The number of sulfonamides is 1. The number of benzene rings is 3. The lowest BCUT2D eigenvalue weighted by Crippen LogP contribution is -2.34. The molecule has 1 atom stereocenters. The molecule has 11 heteroatoms. The maximum absolute atomic E-state index is 14.9. The first kappa shape index (κ1) is 27.1. The standard InChI is InChI=1S/C25H25ClF2N4O3S/c1-18(22-5-2-3-6-25(22)35-14-4-13-31(16-29)17-30)32(24-15-20(27)9-12-23(24)28)36(33,34)21-10-7-19(26)8-11-21/h2-3,5-12,15-18,29-30H,4,13-14H2,1H3. The summed E-state index contributed by atoms with van der Waals surface area (Å²) < 4.78 is 63.3. The summed E-state index contributed by atoms with van der Waals surface area (Å²) in [7, 11) is -4.36. The molecule has 0 aliphatic rings. The van der Waals surface area contributed by atoms with E-state index in [0.717, 1.165) is 35.2 Å². The minimum absolute atomic E-state index is 0.140. The predicted octanol–water partition coefficient (Wildman–Crippen LogP) is 5.86. The van der Waals surface area contributed by atoms with Gasteiger partial charge in [-0.05, 0) is 55.8 Å². The first-order valence-corrected chi connectivity index (χ1v) is 12.7. The summed E-state index contributed by atoms with van der Waals surface area (Å²) in [5.74, 6) is -1.33. The van der Waals surface area contributed by atoms with Crippen molar-refractivity contribution in [1.29, 1.82) is 10.8 Å². The van der Waals surface area contributed by atoms with Crippen molar-refractivity contribution < 1.29 is 21.9 Å². The minimum atomic E-state index is -4.36. The molecule has 1 unspecified atom stereocenters. The van der Waals surface area contributed by atoms with Gasteiger partial charge < -0.3 is 9.64 Å². The maximum Gasteiger partial charge on any atom is 0.264 e. The van der Waals surface area contributed by atoms with Crippen LogP contribution in [-0.2, 0) is 10.0 Å². The van der Waals surface area contributed by atoms with E-state index in [-0.39, 0.29) is 11.5 Å². The normalized spacial score (nSPS) is 12.0. The SMILES string of the molecule is CC(c1ccccc1OCCCN(C=N)C=N)N(c1cc(F)ccc1F)S(=O)(=O)c1ccc(Cl)cc1. The molecule has 0 aliphatic heterocycles. The number of halogens is 3. The van der Waals surface area contributed by atoms with Crippen LogP contribution in [0, 0.1) is 22.5 Å². The molecule has 0 saturated carbocycles. The molecule has 2 N–H and O–H groups in total. The van der Waals surface area contributed by atoms with Gasteiger partial charge in [0.1, 0.15) is 17.4 Å². The highest BCUT2D eigenvalue weighted by Crippen LogP contribution is 2.38. The zero-order valence-electron chi connectivity index (χ0n) is 19.4. The highest BCUT2D eigenvalue weighted by molar-refractivity contribution is 7.92. The number of hydrogen-bond donors (Lipinski definition) is 2. The van der Waals surface area contributed by atoms with Crippen LogP contribution in [0.5, 0.6) is 5.75 Å². The largest absolute Gasteiger partial charge is 0.493 e. The summed E-state index contributed by atoms with van der Waals surface area (Å²) in [6.45, 7) is 2.17. The molecule has 7 nitrogen and oxygen atoms in total. The van der Waals surface area contributed by atoms with Crippen LogP contribution in [-0.4, -0.2) is 39.1 Å². The van der Waals surface area contributed by atoms with Gasteiger partial charge in [-0.25, -0.2) is 17.2 Å². The molecule has 0 amide bonds. The van der Waals surface area contributed by atoms with E-state index in [1.54, 1.807) is 31.2 Å². The Hall–Kier alpha value is -3.50. The third kappa shape index (κ3) is 6.19. The molecule has 3 aromatic rings. The van der Waals surface area contributed by atoms with Crippen LogP contribution in [0.4, 0.5) is 14.5 Å². The van der Waals surface area contributed by atoms with E-state index in [4.69, 9.17) is 27.2 Å². The molecule has 0 heterocycles. The zero-order chi connectivity index (χ0) is 26.3. The Morgan fingerprint density at radius 2 is 1.69 bits per heavy atom. The van der Waals surface area contributed by atoms with Crippen LogP contribution in [0.3, 0.4) is 0 Å². The number of para-hydroxylation sites is 1. The second-order valence-corrected chi connectivity index (χ2v) is 10.0. The minimum Gasteiger partial charge on any atom is -0.493 e. The molecule has 0 saturated heterocycles. The van der Waals surface area contributed by atoms with Crippen LogP contribution >= 0.6 is 11.6 Å². The fourth-order valence-corrected chi connectivity index (χ4v) is 5.36. The van der Waals surface area contributed by atoms with E-state index in [2.05, 4.69) is 0 Å². The van der Waals surface area contributed by atoms with Crippen molar-refractivity contribution >= 4 is 40.0 Å². The first-order chi connectivity index (χ1) is 17.2. The number of hydrogen-bond acceptors (Lipinski definition) is 5. The Morgan fingerprint density at radius 3 is 2.36 bits per heavy atom. The Kier molecular flexibility index (Phi) is 9.00. The van der Waals surface area contributed by atoms with Gasteiger partial charge >= 0.3 is 0 Å². The van der Waals surface area contributed by atoms with Crippen LogP contribution in [0.1, 0.15) is 24.9 Å². The monoisotopic (exact) mass is 534 g/mol. The van der Waals surface area contributed by atoms with Crippen LogP contribution in [0.15, 0.2) is 71.6 Å². The molecule has 0 spiro atoms. The average molecular weight is 535 g/mol. The first-order valence-electron chi connectivity index (χ1n) is 10.9. The van der Waals surface area contributed by atoms with E-state index in [1.165, 1.54) is 29.2 Å². The Bertz CT molecular complexity index is 1320. The highest BCUT2D eigenvalue weighted by atomic mass is 35.5. The van der Waals surface area contributed by atoms with Crippen LogP contribution in [0.25, 0.3) is 0 Å². The third-order valence-corrected chi connectivity index (χ3v) is 7.54. The molecule has 0 aliphatic carbocycles. The molecule has 0 aromatic heterocycles. The summed E-state index contributed by atoms with van der Waals surface area (Å²) in [4.78, 5) is 1.23. The van der Waals surface area contributed by atoms with E-state index in [0.29, 0.717) is 29.3 Å². The van der Waals surface area contributed by atoms with Crippen molar-refractivity contribution in [2.75, 3.05) is 17.5 Å². The van der Waals surface area contributed by atoms with E-state index >= 15 is 0 Å². The van der Waals surface area contributed by atoms with Gasteiger partial charge in [0.15, 0.2) is 0 Å². The third-order valence-electron chi connectivity index (χ3n) is 5.39. The molecular weight excluding hydrogens is 510 g/mol. The van der Waals surface area contributed by atoms with E-state index in [1.807, 2.05) is 0 Å². The summed E-state index contributed by atoms with van der Waals surface area (Å²) in [6, 6.07) is 13.8. The van der Waals surface area contributed by atoms with Crippen molar-refractivity contribution in [1.82, 2.24) is 4.90 Å². The van der Waals surface area contributed by atoms with Crippen molar-refractivity contribution in [3.8, 4) is 5.75 Å². The van der Waals surface area contributed by atoms with Gasteiger partial charge in [-0.2, -0.15) is 0 Å².